The molecular weight excluding hydrogens is 274 g/mol. The molecule has 0 atom stereocenters. The molecule has 0 bridgehead atoms. The number of carbonyl (C=O) groups excluding carboxylic acids is 1. The molecule has 0 N–H and O–H groups in total. The second kappa shape index (κ2) is 5.75. The number of hydrogen-bond donors (Lipinski definition) is 0. The number of pyridine rings is 1. The van der Waals surface area contributed by atoms with Crippen LogP contribution < -0.4 is 0 Å². The van der Waals surface area contributed by atoms with E-state index in [2.05, 4.69) is 10.1 Å². The van der Waals surface area contributed by atoms with Crippen LogP contribution in [0.15, 0.2) is 12.3 Å². The maximum atomic E-state index is 12.4. The van der Waals surface area contributed by atoms with Gasteiger partial charge in [0.15, 0.2) is 5.78 Å². The maximum Gasteiger partial charge on any atom is 0.187 e. The minimum absolute atomic E-state index is 0.0324. The summed E-state index contributed by atoms with van der Waals surface area (Å²) < 4.78 is 1.68. The van der Waals surface area contributed by atoms with E-state index in [9.17, 15) is 4.79 Å². The number of nitrogens with zero attached hydrogens (tertiary/aromatic N) is 3. The fraction of sp³-hybridized carbons (Fsp3) is 0.400. The molecule has 4 nitrogen and oxygen atoms in total. The van der Waals surface area contributed by atoms with Crippen LogP contribution in [0, 0.1) is 13.8 Å². The Morgan fingerprint density at radius 1 is 1.40 bits per heavy atom. The van der Waals surface area contributed by atoms with Gasteiger partial charge in [0.05, 0.1) is 22.8 Å². The number of aryl methyl sites for hydroxylation is 4. The minimum Gasteiger partial charge on any atom is -0.292 e. The Hall–Kier alpha value is -1.68. The molecule has 106 valence electrons. The average Bonchev–Trinajstić information content (AvgIpc) is 2.66. The van der Waals surface area contributed by atoms with Crippen LogP contribution in [0.5, 0.6) is 0 Å². The summed E-state index contributed by atoms with van der Waals surface area (Å²) in [5, 5.41) is 4.91. The van der Waals surface area contributed by atoms with Gasteiger partial charge in [-0.05, 0) is 31.4 Å². The number of hydrogen-bond acceptors (Lipinski definition) is 3. The molecule has 0 saturated carbocycles. The van der Waals surface area contributed by atoms with Crippen molar-refractivity contribution < 1.29 is 4.79 Å². The first-order valence-electron chi connectivity index (χ1n) is 6.60. The Kier molecular flexibility index (Phi) is 4.23. The third-order valence-electron chi connectivity index (χ3n) is 3.31. The van der Waals surface area contributed by atoms with Gasteiger partial charge in [-0.1, -0.05) is 24.6 Å². The zero-order valence-electron chi connectivity index (χ0n) is 12.2. The highest BCUT2D eigenvalue weighted by atomic mass is 35.5. The zero-order valence-corrected chi connectivity index (χ0v) is 13.0. The molecule has 20 heavy (non-hydrogen) atoms. The standard InChI is InChI=1S/C15H18ClN3O/c1-5-11-14(16)12(19(4)18-11)7-13(20)15-10(3)6-9(2)8-17-15/h6,8H,5,7H2,1-4H3. The summed E-state index contributed by atoms with van der Waals surface area (Å²) >= 11 is 6.27. The van der Waals surface area contributed by atoms with Crippen LogP contribution in [0.4, 0.5) is 0 Å². The largest absolute Gasteiger partial charge is 0.292 e. The molecule has 0 aliphatic heterocycles. The molecule has 2 heterocycles. The highest BCUT2D eigenvalue weighted by molar-refractivity contribution is 6.32. The van der Waals surface area contributed by atoms with Crippen molar-refractivity contribution in [2.45, 2.75) is 33.6 Å². The van der Waals surface area contributed by atoms with E-state index >= 15 is 0 Å². The number of halogens is 1. The van der Waals surface area contributed by atoms with Crippen LogP contribution in [-0.4, -0.2) is 20.5 Å². The lowest BCUT2D eigenvalue weighted by atomic mass is 10.1. The minimum atomic E-state index is -0.0324. The Bertz CT molecular complexity index is 661. The molecule has 0 radical (unpaired) electrons. The van der Waals surface area contributed by atoms with Gasteiger partial charge in [0.2, 0.25) is 0 Å². The average molecular weight is 292 g/mol. The molecule has 2 aromatic rings. The van der Waals surface area contributed by atoms with Gasteiger partial charge in [0.25, 0.3) is 0 Å². The van der Waals surface area contributed by atoms with Crippen LogP contribution in [0.1, 0.15) is 39.9 Å². The molecule has 0 fully saturated rings. The van der Waals surface area contributed by atoms with Gasteiger partial charge in [0, 0.05) is 13.2 Å². The van der Waals surface area contributed by atoms with Crippen molar-refractivity contribution in [3.8, 4) is 0 Å². The molecule has 0 saturated heterocycles. The summed E-state index contributed by atoms with van der Waals surface area (Å²) in [6.45, 7) is 5.85. The van der Waals surface area contributed by atoms with Gasteiger partial charge in [-0.2, -0.15) is 5.10 Å². The van der Waals surface area contributed by atoms with Gasteiger partial charge in [-0.3, -0.25) is 14.5 Å². The molecular formula is C15H18ClN3O. The van der Waals surface area contributed by atoms with E-state index in [0.29, 0.717) is 10.7 Å². The zero-order chi connectivity index (χ0) is 14.9. The molecule has 5 heteroatoms. The SMILES string of the molecule is CCc1nn(C)c(CC(=O)c2ncc(C)cc2C)c1Cl. The monoisotopic (exact) mass is 291 g/mol. The van der Waals surface area contributed by atoms with Crippen molar-refractivity contribution >= 4 is 17.4 Å². The first kappa shape index (κ1) is 14.7. The molecule has 0 aromatic carbocycles. The van der Waals surface area contributed by atoms with Crippen LogP contribution in [-0.2, 0) is 19.9 Å². The van der Waals surface area contributed by atoms with Crippen LogP contribution in [0.3, 0.4) is 0 Å². The van der Waals surface area contributed by atoms with E-state index in [1.807, 2.05) is 33.9 Å². The number of aromatic nitrogens is 3. The first-order chi connectivity index (χ1) is 9.43. The predicted molar refractivity (Wildman–Crippen MR) is 79.3 cm³/mol. The third kappa shape index (κ3) is 2.75. The number of Topliss-reactive ketones (excluding diaryl/α,β-unsaturated/α-hetero) is 1. The highest BCUT2D eigenvalue weighted by Gasteiger charge is 2.19. The Balaban J connectivity index is 2.30. The van der Waals surface area contributed by atoms with E-state index in [1.165, 1.54) is 0 Å². The summed E-state index contributed by atoms with van der Waals surface area (Å²) in [5.74, 6) is -0.0324. The van der Waals surface area contributed by atoms with E-state index in [1.54, 1.807) is 10.9 Å². The lowest BCUT2D eigenvalue weighted by Crippen LogP contribution is -2.11. The van der Waals surface area contributed by atoms with Gasteiger partial charge >= 0.3 is 0 Å². The quantitative estimate of drug-likeness (QED) is 0.813. The number of ketones is 1. The number of rotatable bonds is 4. The summed E-state index contributed by atoms with van der Waals surface area (Å²) in [6.07, 6.45) is 2.68. The molecule has 0 aliphatic rings. The van der Waals surface area contributed by atoms with Crippen LogP contribution in [0.25, 0.3) is 0 Å². The highest BCUT2D eigenvalue weighted by Crippen LogP contribution is 2.22. The topological polar surface area (TPSA) is 47.8 Å². The van der Waals surface area contributed by atoms with Crippen LogP contribution in [0.2, 0.25) is 5.02 Å². The molecule has 2 aromatic heterocycles. The van der Waals surface area contributed by atoms with E-state index in [0.717, 1.165) is 28.9 Å². The fourth-order valence-electron chi connectivity index (χ4n) is 2.25. The smallest absolute Gasteiger partial charge is 0.187 e. The van der Waals surface area contributed by atoms with E-state index in [4.69, 9.17) is 11.6 Å². The summed E-state index contributed by atoms with van der Waals surface area (Å²) in [4.78, 5) is 16.6. The van der Waals surface area contributed by atoms with Crippen LogP contribution >= 0.6 is 11.6 Å². The molecule has 0 amide bonds. The second-order valence-electron chi connectivity index (χ2n) is 4.96. The number of carbonyl (C=O) groups is 1. The summed E-state index contributed by atoms with van der Waals surface area (Å²) in [6, 6.07) is 1.96. The van der Waals surface area contributed by atoms with Gasteiger partial charge in [-0.15, -0.1) is 0 Å². The van der Waals surface area contributed by atoms with E-state index < -0.39 is 0 Å². The Morgan fingerprint density at radius 2 is 2.10 bits per heavy atom. The molecule has 2 rings (SSSR count). The Morgan fingerprint density at radius 3 is 2.65 bits per heavy atom. The first-order valence-corrected chi connectivity index (χ1v) is 6.98. The van der Waals surface area contributed by atoms with Crippen molar-refractivity contribution in [2.75, 3.05) is 0 Å². The van der Waals surface area contributed by atoms with Crippen molar-refractivity contribution in [3.05, 3.63) is 45.5 Å². The maximum absolute atomic E-state index is 12.4. The van der Waals surface area contributed by atoms with Crippen molar-refractivity contribution in [3.63, 3.8) is 0 Å². The predicted octanol–water partition coefficient (Wildman–Crippen LogP) is 3.07. The van der Waals surface area contributed by atoms with Gasteiger partial charge < -0.3 is 0 Å². The van der Waals surface area contributed by atoms with Gasteiger partial charge in [-0.25, -0.2) is 0 Å². The lowest BCUT2D eigenvalue weighted by Gasteiger charge is -2.06. The van der Waals surface area contributed by atoms with Crippen molar-refractivity contribution in [1.82, 2.24) is 14.8 Å². The summed E-state index contributed by atoms with van der Waals surface area (Å²) in [7, 11) is 1.81. The molecule has 0 unspecified atom stereocenters. The lowest BCUT2D eigenvalue weighted by molar-refractivity contribution is 0.0985. The van der Waals surface area contributed by atoms with Crippen molar-refractivity contribution in [2.24, 2.45) is 7.05 Å². The second-order valence-corrected chi connectivity index (χ2v) is 5.34. The Labute approximate surface area is 123 Å². The van der Waals surface area contributed by atoms with E-state index in [-0.39, 0.29) is 12.2 Å². The third-order valence-corrected chi connectivity index (χ3v) is 3.75. The molecule has 0 spiro atoms. The fourth-order valence-corrected chi connectivity index (χ4v) is 2.62. The van der Waals surface area contributed by atoms with Crippen molar-refractivity contribution in [1.29, 1.82) is 0 Å². The van der Waals surface area contributed by atoms with Gasteiger partial charge in [0.1, 0.15) is 5.69 Å². The normalized spacial score (nSPS) is 10.8. The molecule has 0 aliphatic carbocycles. The summed E-state index contributed by atoms with van der Waals surface area (Å²) in [5.41, 5.74) is 4.02.